The van der Waals surface area contributed by atoms with Crippen molar-refractivity contribution in [1.29, 1.82) is 0 Å². The van der Waals surface area contributed by atoms with Gasteiger partial charge in [-0.25, -0.2) is 11.0 Å². The minimum absolute atomic E-state index is 0.137. The van der Waals surface area contributed by atoms with Crippen LogP contribution in [0.2, 0.25) is 0 Å². The van der Waals surface area contributed by atoms with Crippen molar-refractivity contribution in [3.63, 3.8) is 0 Å². The molecule has 0 radical (unpaired) electrons. The van der Waals surface area contributed by atoms with E-state index in [9.17, 15) is 4.39 Å². The van der Waals surface area contributed by atoms with Crippen molar-refractivity contribution >= 4 is 0 Å². The van der Waals surface area contributed by atoms with Crippen LogP contribution in [0.5, 0.6) is 0 Å². The Morgan fingerprint density at radius 2 is 2.27 bits per heavy atom. The van der Waals surface area contributed by atoms with Crippen molar-refractivity contribution in [2.75, 3.05) is 0 Å². The Balaban J connectivity index is 3.12. The molecular formula is C9H8FN. The lowest BCUT2D eigenvalue weighted by atomic mass is 10.1. The molecule has 0 spiro atoms. The first-order valence-corrected chi connectivity index (χ1v) is 3.33. The zero-order chi connectivity index (χ0) is 8.27. The number of hydrogen-bond acceptors (Lipinski definition) is 0. The van der Waals surface area contributed by atoms with E-state index in [0.717, 1.165) is 5.56 Å². The largest absolute Gasteiger partial charge is 0.312 e. The molecule has 0 aliphatic carbocycles. The molecule has 11 heavy (non-hydrogen) atoms. The fourth-order valence-electron chi connectivity index (χ4n) is 0.946. The Bertz CT molecular complexity index is 279. The third-order valence-corrected chi connectivity index (χ3v) is 1.59. The van der Waals surface area contributed by atoms with Crippen LogP contribution in [0.3, 0.4) is 0 Å². The van der Waals surface area contributed by atoms with E-state index in [1.807, 2.05) is 13.0 Å². The molecule has 56 valence electrons. The average molecular weight is 149 g/mol. The van der Waals surface area contributed by atoms with Gasteiger partial charge in [-0.3, -0.25) is 0 Å². The highest BCUT2D eigenvalue weighted by atomic mass is 19.1. The van der Waals surface area contributed by atoms with Crippen molar-refractivity contribution in [3.8, 4) is 0 Å². The highest BCUT2D eigenvalue weighted by molar-refractivity contribution is 5.28. The third-order valence-electron chi connectivity index (χ3n) is 1.59. The Morgan fingerprint density at radius 1 is 1.55 bits per heavy atom. The van der Waals surface area contributed by atoms with Crippen LogP contribution in [0, 0.1) is 19.3 Å². The molecule has 1 aromatic carbocycles. The first kappa shape index (κ1) is 7.74. The molecule has 0 N–H and O–H groups in total. The standard InChI is InChI=1S/C9H8FN/c1-7-4-3-5-9(10)8(7)6-11-2/h3-5H,6H2,1H3. The summed E-state index contributed by atoms with van der Waals surface area (Å²) in [5, 5.41) is 0. The first-order valence-electron chi connectivity index (χ1n) is 3.33. The number of benzene rings is 1. The Kier molecular flexibility index (Phi) is 2.22. The molecule has 0 unspecified atom stereocenters. The predicted molar refractivity (Wildman–Crippen MR) is 41.4 cm³/mol. The van der Waals surface area contributed by atoms with Gasteiger partial charge in [0.1, 0.15) is 5.82 Å². The third kappa shape index (κ3) is 1.56. The summed E-state index contributed by atoms with van der Waals surface area (Å²) in [5.41, 5.74) is 1.36. The molecule has 0 saturated heterocycles. The summed E-state index contributed by atoms with van der Waals surface area (Å²) < 4.78 is 12.9. The predicted octanol–water partition coefficient (Wildman–Crippen LogP) is 2.55. The Hall–Kier alpha value is -1.36. The van der Waals surface area contributed by atoms with Crippen LogP contribution in [0.15, 0.2) is 18.2 Å². The van der Waals surface area contributed by atoms with Crippen LogP contribution in [-0.2, 0) is 6.54 Å². The lowest BCUT2D eigenvalue weighted by Gasteiger charge is -1.98. The molecule has 0 fully saturated rings. The van der Waals surface area contributed by atoms with Gasteiger partial charge >= 0.3 is 0 Å². The second-order valence-corrected chi connectivity index (χ2v) is 2.35. The van der Waals surface area contributed by atoms with Gasteiger partial charge in [0.05, 0.1) is 5.56 Å². The van der Waals surface area contributed by atoms with E-state index in [1.54, 1.807) is 6.07 Å². The lowest BCUT2D eigenvalue weighted by Crippen LogP contribution is -1.90. The van der Waals surface area contributed by atoms with Crippen LogP contribution in [0.25, 0.3) is 4.85 Å². The van der Waals surface area contributed by atoms with Crippen molar-refractivity contribution < 1.29 is 4.39 Å². The monoisotopic (exact) mass is 149 g/mol. The summed E-state index contributed by atoms with van der Waals surface area (Å²) in [6, 6.07) is 4.84. The number of aryl methyl sites for hydroxylation is 1. The van der Waals surface area contributed by atoms with Crippen molar-refractivity contribution in [2.45, 2.75) is 13.5 Å². The fourth-order valence-corrected chi connectivity index (χ4v) is 0.946. The number of halogens is 1. The molecule has 1 aromatic rings. The molecule has 0 aliphatic heterocycles. The van der Waals surface area contributed by atoms with E-state index in [-0.39, 0.29) is 12.4 Å². The van der Waals surface area contributed by atoms with Gasteiger partial charge in [-0.1, -0.05) is 12.1 Å². The van der Waals surface area contributed by atoms with Gasteiger partial charge < -0.3 is 4.85 Å². The maximum absolute atomic E-state index is 12.9. The molecule has 0 saturated carbocycles. The van der Waals surface area contributed by atoms with E-state index in [1.165, 1.54) is 6.07 Å². The normalized spacial score (nSPS) is 9.18. The topological polar surface area (TPSA) is 4.36 Å². The molecule has 0 aliphatic rings. The zero-order valence-electron chi connectivity index (χ0n) is 6.26. The molecular weight excluding hydrogens is 141 g/mol. The summed E-state index contributed by atoms with van der Waals surface area (Å²) in [4.78, 5) is 3.14. The molecule has 0 heterocycles. The summed E-state index contributed by atoms with van der Waals surface area (Å²) in [7, 11) is 0. The zero-order valence-corrected chi connectivity index (χ0v) is 6.26. The van der Waals surface area contributed by atoms with Gasteiger partial charge in [0.15, 0.2) is 0 Å². The van der Waals surface area contributed by atoms with Crippen molar-refractivity contribution in [1.82, 2.24) is 0 Å². The molecule has 2 heteroatoms. The number of rotatable bonds is 1. The highest BCUT2D eigenvalue weighted by Crippen LogP contribution is 2.13. The second-order valence-electron chi connectivity index (χ2n) is 2.35. The van der Waals surface area contributed by atoms with Crippen LogP contribution < -0.4 is 0 Å². The maximum atomic E-state index is 12.9. The summed E-state index contributed by atoms with van der Waals surface area (Å²) in [5.74, 6) is -0.277. The summed E-state index contributed by atoms with van der Waals surface area (Å²) in [6.45, 7) is 8.54. The SMILES string of the molecule is [C-]#[N+]Cc1c(C)cccc1F. The van der Waals surface area contributed by atoms with E-state index < -0.39 is 0 Å². The maximum Gasteiger partial charge on any atom is 0.242 e. The lowest BCUT2D eigenvalue weighted by molar-refractivity contribution is 0.613. The van der Waals surface area contributed by atoms with E-state index >= 15 is 0 Å². The first-order chi connectivity index (χ1) is 5.25. The average Bonchev–Trinajstić information content (AvgIpc) is 1.97. The van der Waals surface area contributed by atoms with Gasteiger partial charge in [0.2, 0.25) is 6.54 Å². The molecule has 0 aromatic heterocycles. The summed E-state index contributed by atoms with van der Waals surface area (Å²) >= 11 is 0. The van der Waals surface area contributed by atoms with Crippen molar-refractivity contribution in [3.05, 3.63) is 46.6 Å². The quantitative estimate of drug-likeness (QED) is 0.540. The molecule has 1 nitrogen and oxygen atoms in total. The Morgan fingerprint density at radius 3 is 2.82 bits per heavy atom. The Labute approximate surface area is 65.3 Å². The van der Waals surface area contributed by atoms with E-state index in [4.69, 9.17) is 6.57 Å². The van der Waals surface area contributed by atoms with Gasteiger partial charge in [-0.2, -0.15) is 0 Å². The van der Waals surface area contributed by atoms with Gasteiger partial charge in [0, 0.05) is 0 Å². The molecule has 0 atom stereocenters. The molecule has 1 rings (SSSR count). The van der Waals surface area contributed by atoms with Crippen molar-refractivity contribution in [2.24, 2.45) is 0 Å². The van der Waals surface area contributed by atoms with Crippen LogP contribution in [0.4, 0.5) is 4.39 Å². The van der Waals surface area contributed by atoms with E-state index in [0.29, 0.717) is 5.56 Å². The minimum Gasteiger partial charge on any atom is -0.312 e. The van der Waals surface area contributed by atoms with Gasteiger partial charge in [-0.05, 0) is 18.6 Å². The van der Waals surface area contributed by atoms with E-state index in [2.05, 4.69) is 4.85 Å². The number of hydrogen-bond donors (Lipinski definition) is 0. The fraction of sp³-hybridized carbons (Fsp3) is 0.222. The molecule has 0 amide bonds. The van der Waals surface area contributed by atoms with Crippen LogP contribution in [0.1, 0.15) is 11.1 Å². The molecule has 0 bridgehead atoms. The summed E-state index contributed by atoms with van der Waals surface area (Å²) in [6.07, 6.45) is 0. The van der Waals surface area contributed by atoms with Crippen LogP contribution in [-0.4, -0.2) is 0 Å². The minimum atomic E-state index is -0.277. The van der Waals surface area contributed by atoms with Gasteiger partial charge in [-0.15, -0.1) is 0 Å². The van der Waals surface area contributed by atoms with Crippen LogP contribution >= 0.6 is 0 Å². The van der Waals surface area contributed by atoms with Gasteiger partial charge in [0.25, 0.3) is 0 Å². The smallest absolute Gasteiger partial charge is 0.242 e. The second kappa shape index (κ2) is 3.16. The highest BCUT2D eigenvalue weighted by Gasteiger charge is 2.05. The number of nitrogens with zero attached hydrogens (tertiary/aromatic N) is 1.